The van der Waals surface area contributed by atoms with E-state index in [9.17, 15) is 4.79 Å². The lowest BCUT2D eigenvalue weighted by Crippen LogP contribution is -2.03. The number of pyridine rings is 1. The van der Waals surface area contributed by atoms with Gasteiger partial charge in [0.05, 0.1) is 11.8 Å². The molecule has 0 spiro atoms. The van der Waals surface area contributed by atoms with Crippen molar-refractivity contribution in [3.05, 3.63) is 78.0 Å². The number of fused-ring (bicyclic) bond motifs is 1. The standard InChI is InChI=1S/C21H16N2O2S/c1-25-17-8-3-6-15(13-17)18(24)12-14-5-2-7-16(11-14)21-23-20-19(26-21)9-4-10-22-20/h2-11,13H,12H2,1H3. The molecule has 0 N–H and O–H groups in total. The van der Waals surface area contributed by atoms with Crippen LogP contribution >= 0.6 is 11.3 Å². The molecule has 0 saturated heterocycles. The van der Waals surface area contributed by atoms with Gasteiger partial charge in [0, 0.05) is 23.7 Å². The molecular weight excluding hydrogens is 344 g/mol. The fraction of sp³-hybridized carbons (Fsp3) is 0.0952. The van der Waals surface area contributed by atoms with Crippen LogP contribution in [0.25, 0.3) is 20.9 Å². The highest BCUT2D eigenvalue weighted by atomic mass is 32.1. The molecule has 0 unspecified atom stereocenters. The van der Waals surface area contributed by atoms with E-state index in [2.05, 4.69) is 9.97 Å². The fourth-order valence-electron chi connectivity index (χ4n) is 2.79. The number of nitrogens with zero attached hydrogens (tertiary/aromatic N) is 2. The first-order valence-corrected chi connectivity index (χ1v) is 9.03. The molecule has 4 nitrogen and oxygen atoms in total. The number of Topliss-reactive ketones (excluding diaryl/α,β-unsaturated/α-hetero) is 1. The molecule has 0 saturated carbocycles. The predicted octanol–water partition coefficient (Wildman–Crippen LogP) is 4.79. The summed E-state index contributed by atoms with van der Waals surface area (Å²) in [6, 6.07) is 19.1. The van der Waals surface area contributed by atoms with Gasteiger partial charge in [-0.05, 0) is 35.9 Å². The van der Waals surface area contributed by atoms with Crippen LogP contribution in [0.3, 0.4) is 0 Å². The molecular formula is C21H16N2O2S. The van der Waals surface area contributed by atoms with E-state index in [0.29, 0.717) is 17.7 Å². The summed E-state index contributed by atoms with van der Waals surface area (Å²) < 4.78 is 6.25. The third-order valence-electron chi connectivity index (χ3n) is 4.10. The number of hydrogen-bond donors (Lipinski definition) is 0. The van der Waals surface area contributed by atoms with Crippen molar-refractivity contribution in [3.8, 4) is 16.3 Å². The maximum atomic E-state index is 12.6. The molecule has 0 aliphatic heterocycles. The molecule has 128 valence electrons. The highest BCUT2D eigenvalue weighted by Gasteiger charge is 2.11. The SMILES string of the molecule is COc1cccc(C(=O)Cc2cccc(-c3nc4ncccc4s3)c2)c1. The first-order chi connectivity index (χ1) is 12.7. The monoisotopic (exact) mass is 360 g/mol. The minimum Gasteiger partial charge on any atom is -0.497 e. The minimum absolute atomic E-state index is 0.0621. The maximum absolute atomic E-state index is 12.6. The zero-order valence-electron chi connectivity index (χ0n) is 14.2. The third-order valence-corrected chi connectivity index (χ3v) is 5.15. The van der Waals surface area contributed by atoms with Gasteiger partial charge in [0.25, 0.3) is 0 Å². The lowest BCUT2D eigenvalue weighted by Gasteiger charge is -2.05. The summed E-state index contributed by atoms with van der Waals surface area (Å²) in [4.78, 5) is 21.5. The molecule has 4 rings (SSSR count). The van der Waals surface area contributed by atoms with Crippen molar-refractivity contribution in [3.63, 3.8) is 0 Å². The van der Waals surface area contributed by atoms with Gasteiger partial charge in [-0.25, -0.2) is 9.97 Å². The number of rotatable bonds is 5. The van der Waals surface area contributed by atoms with E-state index in [0.717, 1.165) is 26.5 Å². The van der Waals surface area contributed by atoms with Crippen molar-refractivity contribution in [1.82, 2.24) is 9.97 Å². The first kappa shape index (κ1) is 16.4. The van der Waals surface area contributed by atoms with Crippen LogP contribution in [0.15, 0.2) is 66.9 Å². The van der Waals surface area contributed by atoms with Gasteiger partial charge in [-0.2, -0.15) is 0 Å². The van der Waals surface area contributed by atoms with Crippen LogP contribution < -0.4 is 4.74 Å². The van der Waals surface area contributed by atoms with E-state index < -0.39 is 0 Å². The molecule has 0 bridgehead atoms. The molecule has 0 radical (unpaired) electrons. The van der Waals surface area contributed by atoms with Gasteiger partial charge in [0.2, 0.25) is 0 Å². The highest BCUT2D eigenvalue weighted by Crippen LogP contribution is 2.29. The van der Waals surface area contributed by atoms with Gasteiger partial charge < -0.3 is 4.74 Å². The second kappa shape index (κ2) is 7.06. The van der Waals surface area contributed by atoms with Crippen molar-refractivity contribution >= 4 is 27.5 Å². The van der Waals surface area contributed by atoms with Gasteiger partial charge in [-0.3, -0.25) is 4.79 Å². The number of benzene rings is 2. The second-order valence-corrected chi connectivity index (χ2v) is 6.91. The molecule has 5 heteroatoms. The Bertz CT molecular complexity index is 1060. The van der Waals surface area contributed by atoms with Gasteiger partial charge in [0.15, 0.2) is 11.4 Å². The molecule has 2 aromatic heterocycles. The summed E-state index contributed by atoms with van der Waals surface area (Å²) in [5, 5.41) is 0.911. The van der Waals surface area contributed by atoms with E-state index in [1.807, 2.05) is 54.6 Å². The summed E-state index contributed by atoms with van der Waals surface area (Å²) in [6.45, 7) is 0. The topological polar surface area (TPSA) is 52.1 Å². The zero-order chi connectivity index (χ0) is 17.9. The van der Waals surface area contributed by atoms with Crippen LogP contribution in [0.1, 0.15) is 15.9 Å². The van der Waals surface area contributed by atoms with Crippen molar-refractivity contribution < 1.29 is 9.53 Å². The smallest absolute Gasteiger partial charge is 0.170 e. The lowest BCUT2D eigenvalue weighted by molar-refractivity contribution is 0.0992. The summed E-state index contributed by atoms with van der Waals surface area (Å²) >= 11 is 1.60. The predicted molar refractivity (Wildman–Crippen MR) is 104 cm³/mol. The van der Waals surface area contributed by atoms with Crippen LogP contribution in [0.2, 0.25) is 0 Å². The largest absolute Gasteiger partial charge is 0.497 e. The Labute approximate surface area is 155 Å². The zero-order valence-corrected chi connectivity index (χ0v) is 15.0. The average Bonchev–Trinajstić information content (AvgIpc) is 3.12. The number of ether oxygens (including phenoxy) is 1. The Balaban J connectivity index is 1.60. The molecule has 26 heavy (non-hydrogen) atoms. The molecule has 0 atom stereocenters. The Morgan fingerprint density at radius 1 is 1.08 bits per heavy atom. The van der Waals surface area contributed by atoms with Crippen LogP contribution in [-0.4, -0.2) is 22.9 Å². The highest BCUT2D eigenvalue weighted by molar-refractivity contribution is 7.21. The molecule has 2 aromatic carbocycles. The molecule has 0 amide bonds. The number of thiazole rings is 1. The number of carbonyl (C=O) groups is 1. The van der Waals surface area contributed by atoms with E-state index in [4.69, 9.17) is 4.74 Å². The number of hydrogen-bond acceptors (Lipinski definition) is 5. The van der Waals surface area contributed by atoms with Crippen LogP contribution in [0.5, 0.6) is 5.75 Å². The Kier molecular flexibility index (Phi) is 4.46. The summed E-state index contributed by atoms with van der Waals surface area (Å²) in [5.41, 5.74) is 3.37. The molecule has 0 aliphatic carbocycles. The molecule has 0 aliphatic rings. The summed E-state index contributed by atoms with van der Waals surface area (Å²) in [5.74, 6) is 0.749. The van der Waals surface area contributed by atoms with Crippen molar-refractivity contribution in [2.45, 2.75) is 6.42 Å². The summed E-state index contributed by atoms with van der Waals surface area (Å²) in [7, 11) is 1.60. The van der Waals surface area contributed by atoms with E-state index >= 15 is 0 Å². The lowest BCUT2D eigenvalue weighted by atomic mass is 10.0. The molecule has 0 fully saturated rings. The van der Waals surface area contributed by atoms with E-state index in [1.165, 1.54) is 0 Å². The van der Waals surface area contributed by atoms with Gasteiger partial charge >= 0.3 is 0 Å². The van der Waals surface area contributed by atoms with Gasteiger partial charge in [-0.1, -0.05) is 30.3 Å². The molecule has 2 heterocycles. The number of methoxy groups -OCH3 is 1. The van der Waals surface area contributed by atoms with E-state index in [1.54, 1.807) is 30.7 Å². The Morgan fingerprint density at radius 2 is 1.96 bits per heavy atom. The average molecular weight is 360 g/mol. The van der Waals surface area contributed by atoms with E-state index in [-0.39, 0.29) is 5.78 Å². The van der Waals surface area contributed by atoms with Crippen molar-refractivity contribution in [2.24, 2.45) is 0 Å². The van der Waals surface area contributed by atoms with Crippen LogP contribution in [0.4, 0.5) is 0 Å². The van der Waals surface area contributed by atoms with Crippen LogP contribution in [0, 0.1) is 0 Å². The van der Waals surface area contributed by atoms with Gasteiger partial charge in [0.1, 0.15) is 10.8 Å². The quantitative estimate of drug-likeness (QED) is 0.480. The number of ketones is 1. The van der Waals surface area contributed by atoms with Crippen molar-refractivity contribution in [2.75, 3.05) is 7.11 Å². The molecule has 4 aromatic rings. The number of aromatic nitrogens is 2. The maximum Gasteiger partial charge on any atom is 0.170 e. The number of carbonyl (C=O) groups excluding carboxylic acids is 1. The second-order valence-electron chi connectivity index (χ2n) is 5.88. The fourth-order valence-corrected chi connectivity index (χ4v) is 3.71. The van der Waals surface area contributed by atoms with Crippen LogP contribution in [-0.2, 0) is 6.42 Å². The van der Waals surface area contributed by atoms with Crippen molar-refractivity contribution in [1.29, 1.82) is 0 Å². The third kappa shape index (κ3) is 3.34. The summed E-state index contributed by atoms with van der Waals surface area (Å²) in [6.07, 6.45) is 2.08. The first-order valence-electron chi connectivity index (χ1n) is 8.21. The Morgan fingerprint density at radius 3 is 2.81 bits per heavy atom. The van der Waals surface area contributed by atoms with Gasteiger partial charge in [-0.15, -0.1) is 11.3 Å². The minimum atomic E-state index is 0.0621. The normalized spacial score (nSPS) is 10.8. The Hall–Kier alpha value is -3.05.